The third kappa shape index (κ3) is 4.25. The van der Waals surface area contributed by atoms with Crippen molar-refractivity contribution in [2.75, 3.05) is 32.7 Å². The Morgan fingerprint density at radius 3 is 3.00 bits per heavy atom. The van der Waals surface area contributed by atoms with Crippen LogP contribution in [-0.2, 0) is 0 Å². The molecule has 2 heteroatoms. The molecule has 0 radical (unpaired) electrons. The molecule has 0 aliphatic carbocycles. The summed E-state index contributed by atoms with van der Waals surface area (Å²) in [6.45, 7) is 11.9. The van der Waals surface area contributed by atoms with Crippen LogP contribution in [0, 0.1) is 5.92 Å². The molecule has 14 heavy (non-hydrogen) atoms. The fraction of sp³-hybridized carbons (Fsp3) is 0.833. The highest BCUT2D eigenvalue weighted by Gasteiger charge is 2.13. The van der Waals surface area contributed by atoms with Gasteiger partial charge in [-0.15, -0.1) is 6.58 Å². The van der Waals surface area contributed by atoms with E-state index in [4.69, 9.17) is 0 Å². The summed E-state index contributed by atoms with van der Waals surface area (Å²) in [7, 11) is 0. The van der Waals surface area contributed by atoms with E-state index in [-0.39, 0.29) is 0 Å². The van der Waals surface area contributed by atoms with Crippen molar-refractivity contribution in [1.82, 2.24) is 10.2 Å². The first-order chi connectivity index (χ1) is 6.86. The van der Waals surface area contributed by atoms with E-state index in [9.17, 15) is 0 Å². The Morgan fingerprint density at radius 1 is 1.57 bits per heavy atom. The summed E-state index contributed by atoms with van der Waals surface area (Å²) in [6.07, 6.45) is 6.12. The van der Waals surface area contributed by atoms with E-state index in [0.717, 1.165) is 19.0 Å². The summed E-state index contributed by atoms with van der Waals surface area (Å²) >= 11 is 0. The highest BCUT2D eigenvalue weighted by Crippen LogP contribution is 2.14. The molecule has 1 fully saturated rings. The van der Waals surface area contributed by atoms with Gasteiger partial charge in [-0.1, -0.05) is 13.0 Å². The van der Waals surface area contributed by atoms with Gasteiger partial charge in [0.05, 0.1) is 0 Å². The van der Waals surface area contributed by atoms with Gasteiger partial charge in [0.1, 0.15) is 0 Å². The second-order valence-electron chi connectivity index (χ2n) is 4.18. The number of rotatable bonds is 6. The average molecular weight is 196 g/mol. The van der Waals surface area contributed by atoms with Gasteiger partial charge in [0.2, 0.25) is 0 Å². The van der Waals surface area contributed by atoms with E-state index in [0.29, 0.717) is 0 Å². The predicted octanol–water partition coefficient (Wildman–Crippen LogP) is 1.88. The smallest absolute Gasteiger partial charge is 0.0160 e. The SMILES string of the molecule is C=CCN(CC)CCC1CCCNC1. The van der Waals surface area contributed by atoms with Crippen LogP contribution in [0.5, 0.6) is 0 Å². The molecule has 0 saturated carbocycles. The normalized spacial score (nSPS) is 22.6. The molecule has 0 amide bonds. The molecule has 0 spiro atoms. The molecule has 0 aromatic rings. The van der Waals surface area contributed by atoms with Crippen molar-refractivity contribution >= 4 is 0 Å². The Labute approximate surface area is 88.4 Å². The monoisotopic (exact) mass is 196 g/mol. The molecule has 1 saturated heterocycles. The van der Waals surface area contributed by atoms with Crippen molar-refractivity contribution in [1.29, 1.82) is 0 Å². The van der Waals surface area contributed by atoms with Crippen LogP contribution in [-0.4, -0.2) is 37.6 Å². The highest BCUT2D eigenvalue weighted by atomic mass is 15.1. The van der Waals surface area contributed by atoms with Gasteiger partial charge < -0.3 is 5.32 Å². The van der Waals surface area contributed by atoms with Crippen molar-refractivity contribution in [2.45, 2.75) is 26.2 Å². The lowest BCUT2D eigenvalue weighted by Crippen LogP contribution is -2.33. The van der Waals surface area contributed by atoms with Crippen molar-refractivity contribution in [3.63, 3.8) is 0 Å². The third-order valence-electron chi connectivity index (χ3n) is 3.09. The molecule has 1 unspecified atom stereocenters. The average Bonchev–Trinajstić information content (AvgIpc) is 2.25. The molecule has 2 nitrogen and oxygen atoms in total. The molecule has 1 rings (SSSR count). The van der Waals surface area contributed by atoms with Crippen LogP contribution >= 0.6 is 0 Å². The lowest BCUT2D eigenvalue weighted by atomic mass is 9.96. The number of nitrogens with zero attached hydrogens (tertiary/aromatic N) is 1. The van der Waals surface area contributed by atoms with Crippen LogP contribution < -0.4 is 5.32 Å². The Bertz CT molecular complexity index is 150. The molecule has 0 aromatic carbocycles. The molecule has 0 aromatic heterocycles. The van der Waals surface area contributed by atoms with Gasteiger partial charge in [-0.3, -0.25) is 4.90 Å². The van der Waals surface area contributed by atoms with E-state index in [2.05, 4.69) is 23.7 Å². The standard InChI is InChI=1S/C12H24N2/c1-3-9-14(4-2)10-7-12-6-5-8-13-11-12/h3,12-13H,1,4-11H2,2H3. The molecule has 1 atom stereocenters. The Balaban J connectivity index is 2.13. The maximum Gasteiger partial charge on any atom is 0.0160 e. The van der Waals surface area contributed by atoms with Gasteiger partial charge in [0.15, 0.2) is 0 Å². The number of hydrogen-bond donors (Lipinski definition) is 1. The van der Waals surface area contributed by atoms with E-state index in [1.54, 1.807) is 0 Å². The highest BCUT2D eigenvalue weighted by molar-refractivity contribution is 4.75. The fourth-order valence-electron chi connectivity index (χ4n) is 2.10. The molecule has 1 heterocycles. The minimum atomic E-state index is 0.905. The number of likely N-dealkylation sites (N-methyl/N-ethyl adjacent to an activating group) is 1. The topological polar surface area (TPSA) is 15.3 Å². The Kier molecular flexibility index (Phi) is 5.88. The second kappa shape index (κ2) is 7.02. The number of hydrogen-bond acceptors (Lipinski definition) is 2. The summed E-state index contributed by atoms with van der Waals surface area (Å²) in [5, 5.41) is 3.47. The summed E-state index contributed by atoms with van der Waals surface area (Å²) in [4.78, 5) is 2.46. The molecule has 1 aliphatic heterocycles. The summed E-state index contributed by atoms with van der Waals surface area (Å²) in [5.41, 5.74) is 0. The van der Waals surface area contributed by atoms with Crippen LogP contribution in [0.1, 0.15) is 26.2 Å². The lowest BCUT2D eigenvalue weighted by Gasteiger charge is -2.26. The van der Waals surface area contributed by atoms with E-state index < -0.39 is 0 Å². The third-order valence-corrected chi connectivity index (χ3v) is 3.09. The maximum atomic E-state index is 3.79. The molecular formula is C12H24N2. The first-order valence-electron chi connectivity index (χ1n) is 5.90. The maximum absolute atomic E-state index is 3.79. The predicted molar refractivity (Wildman–Crippen MR) is 62.5 cm³/mol. The van der Waals surface area contributed by atoms with Gasteiger partial charge >= 0.3 is 0 Å². The van der Waals surface area contributed by atoms with Crippen molar-refractivity contribution in [3.05, 3.63) is 12.7 Å². The van der Waals surface area contributed by atoms with Crippen LogP contribution in [0.3, 0.4) is 0 Å². The van der Waals surface area contributed by atoms with E-state index in [1.807, 2.05) is 6.08 Å². The quantitative estimate of drug-likeness (QED) is 0.653. The summed E-state index contributed by atoms with van der Waals surface area (Å²) in [5.74, 6) is 0.905. The fourth-order valence-corrected chi connectivity index (χ4v) is 2.10. The van der Waals surface area contributed by atoms with Crippen LogP contribution in [0.25, 0.3) is 0 Å². The van der Waals surface area contributed by atoms with Gasteiger partial charge in [0.25, 0.3) is 0 Å². The zero-order valence-corrected chi connectivity index (χ0v) is 9.47. The first kappa shape index (κ1) is 11.7. The largest absolute Gasteiger partial charge is 0.316 e. The van der Waals surface area contributed by atoms with Gasteiger partial charge in [0, 0.05) is 6.54 Å². The minimum absolute atomic E-state index is 0.905. The zero-order chi connectivity index (χ0) is 10.2. The van der Waals surface area contributed by atoms with Gasteiger partial charge in [-0.2, -0.15) is 0 Å². The minimum Gasteiger partial charge on any atom is -0.316 e. The zero-order valence-electron chi connectivity index (χ0n) is 9.47. The van der Waals surface area contributed by atoms with E-state index >= 15 is 0 Å². The van der Waals surface area contributed by atoms with Crippen LogP contribution in [0.4, 0.5) is 0 Å². The second-order valence-corrected chi connectivity index (χ2v) is 4.18. The van der Waals surface area contributed by atoms with Gasteiger partial charge in [-0.25, -0.2) is 0 Å². The molecule has 1 aliphatic rings. The van der Waals surface area contributed by atoms with Crippen molar-refractivity contribution in [3.8, 4) is 0 Å². The first-order valence-corrected chi connectivity index (χ1v) is 5.90. The van der Waals surface area contributed by atoms with Crippen molar-refractivity contribution < 1.29 is 0 Å². The molecule has 1 N–H and O–H groups in total. The Hall–Kier alpha value is -0.340. The number of nitrogens with one attached hydrogen (secondary N) is 1. The molecule has 0 bridgehead atoms. The van der Waals surface area contributed by atoms with Crippen molar-refractivity contribution in [2.24, 2.45) is 5.92 Å². The van der Waals surface area contributed by atoms with Gasteiger partial charge in [-0.05, 0) is 51.4 Å². The molecule has 82 valence electrons. The van der Waals surface area contributed by atoms with E-state index in [1.165, 1.54) is 38.9 Å². The lowest BCUT2D eigenvalue weighted by molar-refractivity contribution is 0.264. The van der Waals surface area contributed by atoms with Crippen LogP contribution in [0.15, 0.2) is 12.7 Å². The summed E-state index contributed by atoms with van der Waals surface area (Å²) < 4.78 is 0. The van der Waals surface area contributed by atoms with Crippen LogP contribution in [0.2, 0.25) is 0 Å². The number of piperidine rings is 1. The molecular weight excluding hydrogens is 172 g/mol. The Morgan fingerprint density at radius 2 is 2.43 bits per heavy atom. The summed E-state index contributed by atoms with van der Waals surface area (Å²) in [6, 6.07) is 0.